The Bertz CT molecular complexity index is 501. The summed E-state index contributed by atoms with van der Waals surface area (Å²) in [6.45, 7) is 3.89. The standard InChI is InChI=1S/C10H14N4O3/c1-2-14(6-4-11-5-6)9(16)7-3-8(15)13-10(17)12-7/h3,6,11H,2,4-5H2,1H3,(H2,12,13,15,17). The topological polar surface area (TPSA) is 98.1 Å². The van der Waals surface area contributed by atoms with Crippen LogP contribution in [0.5, 0.6) is 0 Å². The highest BCUT2D eigenvalue weighted by atomic mass is 16.2. The Kier molecular flexibility index (Phi) is 3.10. The second kappa shape index (κ2) is 4.54. The first-order chi connectivity index (χ1) is 8.11. The van der Waals surface area contributed by atoms with Crippen LogP contribution in [0.15, 0.2) is 15.7 Å². The molecule has 3 N–H and O–H groups in total. The molecule has 1 aliphatic rings. The molecule has 1 aromatic rings. The maximum absolute atomic E-state index is 12.1. The van der Waals surface area contributed by atoms with Crippen LogP contribution in [0.4, 0.5) is 0 Å². The van der Waals surface area contributed by atoms with Gasteiger partial charge in [-0.05, 0) is 6.92 Å². The van der Waals surface area contributed by atoms with Gasteiger partial charge in [-0.15, -0.1) is 0 Å². The van der Waals surface area contributed by atoms with Gasteiger partial charge in [0.1, 0.15) is 5.69 Å². The number of aromatic nitrogens is 2. The van der Waals surface area contributed by atoms with E-state index in [1.807, 2.05) is 11.9 Å². The number of hydrogen-bond donors (Lipinski definition) is 3. The largest absolute Gasteiger partial charge is 0.332 e. The molecule has 0 bridgehead atoms. The fraction of sp³-hybridized carbons (Fsp3) is 0.500. The van der Waals surface area contributed by atoms with Gasteiger partial charge in [-0.1, -0.05) is 0 Å². The molecule has 0 aromatic carbocycles. The van der Waals surface area contributed by atoms with E-state index < -0.39 is 11.2 Å². The van der Waals surface area contributed by atoms with Crippen molar-refractivity contribution in [2.45, 2.75) is 13.0 Å². The lowest BCUT2D eigenvalue weighted by atomic mass is 10.1. The minimum absolute atomic E-state index is 0.0347. The molecular formula is C10H14N4O3. The molecule has 0 aliphatic carbocycles. The van der Waals surface area contributed by atoms with E-state index in [1.165, 1.54) is 0 Å². The number of nitrogens with one attached hydrogen (secondary N) is 3. The van der Waals surface area contributed by atoms with Gasteiger partial charge in [0, 0.05) is 25.7 Å². The van der Waals surface area contributed by atoms with Gasteiger partial charge in [0.15, 0.2) is 0 Å². The smallest absolute Gasteiger partial charge is 0.326 e. The fourth-order valence-electron chi connectivity index (χ4n) is 1.80. The van der Waals surface area contributed by atoms with Crippen LogP contribution in [0.3, 0.4) is 0 Å². The lowest BCUT2D eigenvalue weighted by molar-refractivity contribution is 0.0623. The average molecular weight is 238 g/mol. The summed E-state index contributed by atoms with van der Waals surface area (Å²) < 4.78 is 0. The van der Waals surface area contributed by atoms with Crippen molar-refractivity contribution in [3.63, 3.8) is 0 Å². The number of carbonyl (C=O) groups excluding carboxylic acids is 1. The van der Waals surface area contributed by atoms with Gasteiger partial charge < -0.3 is 15.2 Å². The summed E-state index contributed by atoms with van der Waals surface area (Å²) in [4.78, 5) is 40.3. The van der Waals surface area contributed by atoms with Crippen LogP contribution in [0.2, 0.25) is 0 Å². The zero-order chi connectivity index (χ0) is 12.4. The molecule has 1 aromatic heterocycles. The van der Waals surface area contributed by atoms with Crippen LogP contribution in [-0.4, -0.2) is 46.5 Å². The second-order valence-electron chi connectivity index (χ2n) is 3.90. The first-order valence-corrected chi connectivity index (χ1v) is 5.47. The predicted molar refractivity (Wildman–Crippen MR) is 61.1 cm³/mol. The minimum Gasteiger partial charge on any atom is -0.332 e. The number of likely N-dealkylation sites (N-methyl/N-ethyl adjacent to an activating group) is 1. The number of nitrogens with zero attached hydrogens (tertiary/aromatic N) is 1. The maximum Gasteiger partial charge on any atom is 0.326 e. The van der Waals surface area contributed by atoms with E-state index in [0.29, 0.717) is 6.54 Å². The summed E-state index contributed by atoms with van der Waals surface area (Å²) in [5, 5.41) is 3.07. The third kappa shape index (κ3) is 2.28. The van der Waals surface area contributed by atoms with Gasteiger partial charge in [-0.3, -0.25) is 14.6 Å². The number of aromatic amines is 2. The third-order valence-corrected chi connectivity index (χ3v) is 2.79. The van der Waals surface area contributed by atoms with Gasteiger partial charge in [-0.25, -0.2) is 4.79 Å². The summed E-state index contributed by atoms with van der Waals surface area (Å²) in [5.74, 6) is -0.317. The highest BCUT2D eigenvalue weighted by molar-refractivity contribution is 5.92. The Morgan fingerprint density at radius 3 is 2.59 bits per heavy atom. The molecule has 0 radical (unpaired) electrons. The monoisotopic (exact) mass is 238 g/mol. The molecule has 2 heterocycles. The van der Waals surface area contributed by atoms with Crippen molar-refractivity contribution in [2.75, 3.05) is 19.6 Å². The molecule has 2 rings (SSSR count). The van der Waals surface area contributed by atoms with E-state index >= 15 is 0 Å². The lowest BCUT2D eigenvalue weighted by Gasteiger charge is -2.37. The highest BCUT2D eigenvalue weighted by Crippen LogP contribution is 2.08. The van der Waals surface area contributed by atoms with Crippen molar-refractivity contribution in [1.82, 2.24) is 20.2 Å². The molecule has 17 heavy (non-hydrogen) atoms. The molecule has 7 heteroatoms. The Morgan fingerprint density at radius 1 is 1.41 bits per heavy atom. The van der Waals surface area contributed by atoms with Crippen molar-refractivity contribution < 1.29 is 4.79 Å². The van der Waals surface area contributed by atoms with Gasteiger partial charge in [0.25, 0.3) is 11.5 Å². The van der Waals surface area contributed by atoms with Crippen molar-refractivity contribution in [3.05, 3.63) is 32.6 Å². The van der Waals surface area contributed by atoms with Crippen LogP contribution in [0, 0.1) is 0 Å². The van der Waals surface area contributed by atoms with Crippen molar-refractivity contribution in [3.8, 4) is 0 Å². The normalized spacial score (nSPS) is 15.4. The number of hydrogen-bond acceptors (Lipinski definition) is 4. The summed E-state index contributed by atoms with van der Waals surface area (Å²) in [6.07, 6.45) is 0. The van der Waals surface area contributed by atoms with Crippen LogP contribution in [-0.2, 0) is 0 Å². The molecule has 92 valence electrons. The number of rotatable bonds is 3. The molecule has 1 amide bonds. The Labute approximate surface area is 96.8 Å². The maximum atomic E-state index is 12.1. The fourth-order valence-corrected chi connectivity index (χ4v) is 1.80. The Balaban J connectivity index is 2.28. The molecular weight excluding hydrogens is 224 g/mol. The third-order valence-electron chi connectivity index (χ3n) is 2.79. The van der Waals surface area contributed by atoms with E-state index in [9.17, 15) is 14.4 Å². The van der Waals surface area contributed by atoms with Crippen LogP contribution in [0.1, 0.15) is 17.4 Å². The quantitative estimate of drug-likeness (QED) is 0.596. The molecule has 1 fully saturated rings. The van der Waals surface area contributed by atoms with Gasteiger partial charge in [0.2, 0.25) is 0 Å². The lowest BCUT2D eigenvalue weighted by Crippen LogP contribution is -2.59. The SMILES string of the molecule is CCN(C(=O)c1cc(=O)[nH]c(=O)[nH]1)C1CNC1. The summed E-state index contributed by atoms with van der Waals surface area (Å²) >= 11 is 0. The van der Waals surface area contributed by atoms with Crippen LogP contribution >= 0.6 is 0 Å². The molecule has 7 nitrogen and oxygen atoms in total. The van der Waals surface area contributed by atoms with E-state index in [2.05, 4.69) is 10.3 Å². The zero-order valence-electron chi connectivity index (χ0n) is 9.45. The Morgan fingerprint density at radius 2 is 2.12 bits per heavy atom. The van der Waals surface area contributed by atoms with Crippen molar-refractivity contribution >= 4 is 5.91 Å². The van der Waals surface area contributed by atoms with Crippen LogP contribution < -0.4 is 16.6 Å². The summed E-state index contributed by atoms with van der Waals surface area (Å²) in [7, 11) is 0. The van der Waals surface area contributed by atoms with E-state index in [0.717, 1.165) is 19.2 Å². The van der Waals surface area contributed by atoms with E-state index in [1.54, 1.807) is 4.90 Å². The minimum atomic E-state index is -0.663. The van der Waals surface area contributed by atoms with Gasteiger partial charge in [0.05, 0.1) is 6.04 Å². The summed E-state index contributed by atoms with van der Waals surface area (Å²) in [5.41, 5.74) is -1.20. The first-order valence-electron chi connectivity index (χ1n) is 5.47. The van der Waals surface area contributed by atoms with E-state index in [-0.39, 0.29) is 17.6 Å². The first kappa shape index (κ1) is 11.6. The molecule has 1 aliphatic heterocycles. The number of H-pyrrole nitrogens is 2. The average Bonchev–Trinajstić information content (AvgIpc) is 2.20. The highest BCUT2D eigenvalue weighted by Gasteiger charge is 2.28. The Hall–Kier alpha value is -1.89. The summed E-state index contributed by atoms with van der Waals surface area (Å²) in [6, 6.07) is 1.24. The van der Waals surface area contributed by atoms with Gasteiger partial charge in [-0.2, -0.15) is 0 Å². The second-order valence-corrected chi connectivity index (χ2v) is 3.90. The van der Waals surface area contributed by atoms with E-state index in [4.69, 9.17) is 0 Å². The van der Waals surface area contributed by atoms with Crippen molar-refractivity contribution in [1.29, 1.82) is 0 Å². The molecule has 0 saturated carbocycles. The predicted octanol–water partition coefficient (Wildman–Crippen LogP) is -1.50. The molecule has 0 unspecified atom stereocenters. The molecule has 1 saturated heterocycles. The van der Waals surface area contributed by atoms with Crippen molar-refractivity contribution in [2.24, 2.45) is 0 Å². The number of carbonyl (C=O) groups is 1. The molecule has 0 spiro atoms. The number of amides is 1. The molecule has 0 atom stereocenters. The van der Waals surface area contributed by atoms with Crippen LogP contribution in [0.25, 0.3) is 0 Å². The zero-order valence-corrected chi connectivity index (χ0v) is 9.45. The van der Waals surface area contributed by atoms with Gasteiger partial charge >= 0.3 is 5.69 Å².